The molecule has 20 heavy (non-hydrogen) atoms. The van der Waals surface area contributed by atoms with Crippen molar-refractivity contribution in [2.75, 3.05) is 0 Å². The van der Waals surface area contributed by atoms with Gasteiger partial charge in [-0.1, -0.05) is 51.9 Å². The second-order valence-electron chi connectivity index (χ2n) is 6.19. The number of carboxylic acids is 2. The molecule has 1 aliphatic carbocycles. The maximum atomic E-state index is 11.2. The summed E-state index contributed by atoms with van der Waals surface area (Å²) in [6.45, 7) is 2.21. The van der Waals surface area contributed by atoms with Crippen molar-refractivity contribution in [1.29, 1.82) is 0 Å². The summed E-state index contributed by atoms with van der Waals surface area (Å²) >= 11 is 0. The van der Waals surface area contributed by atoms with Gasteiger partial charge in [0.2, 0.25) is 0 Å². The topological polar surface area (TPSA) is 74.6 Å². The van der Waals surface area contributed by atoms with Gasteiger partial charge in [-0.2, -0.15) is 0 Å². The highest BCUT2D eigenvalue weighted by molar-refractivity contribution is 5.98. The van der Waals surface area contributed by atoms with Gasteiger partial charge in [0.1, 0.15) is 0 Å². The van der Waals surface area contributed by atoms with E-state index in [4.69, 9.17) is 10.2 Å². The second kappa shape index (κ2) is 8.28. The van der Waals surface area contributed by atoms with E-state index in [-0.39, 0.29) is 12.8 Å². The Bertz CT molecular complexity index is 300. The van der Waals surface area contributed by atoms with Gasteiger partial charge in [-0.15, -0.1) is 0 Å². The third kappa shape index (κ3) is 4.50. The predicted octanol–water partition coefficient (Wildman–Crippen LogP) is 4.08. The van der Waals surface area contributed by atoms with E-state index in [1.807, 2.05) is 0 Å². The molecule has 0 unspecified atom stereocenters. The Kier molecular flexibility index (Phi) is 7.03. The van der Waals surface area contributed by atoms with E-state index in [1.54, 1.807) is 0 Å². The largest absolute Gasteiger partial charge is 0.480 e. The minimum atomic E-state index is -1.52. The van der Waals surface area contributed by atoms with Gasteiger partial charge in [-0.25, -0.2) is 0 Å². The fraction of sp³-hybridized carbons (Fsp3) is 0.875. The first-order chi connectivity index (χ1) is 9.53. The van der Waals surface area contributed by atoms with Crippen molar-refractivity contribution >= 4 is 11.9 Å². The number of hydrogen-bond donors (Lipinski definition) is 2. The lowest BCUT2D eigenvalue weighted by molar-refractivity contribution is -0.168. The minimum absolute atomic E-state index is 0.290. The fourth-order valence-electron chi connectivity index (χ4n) is 3.19. The number of carbonyl (C=O) groups is 2. The molecule has 0 aromatic carbocycles. The summed E-state index contributed by atoms with van der Waals surface area (Å²) in [6.07, 6.45) is 10.8. The predicted molar refractivity (Wildman–Crippen MR) is 77.7 cm³/mol. The van der Waals surface area contributed by atoms with E-state index in [1.165, 1.54) is 38.5 Å². The Morgan fingerprint density at radius 2 is 1.45 bits per heavy atom. The second-order valence-corrected chi connectivity index (χ2v) is 6.19. The van der Waals surface area contributed by atoms with E-state index in [9.17, 15) is 9.59 Å². The highest BCUT2D eigenvalue weighted by atomic mass is 16.4. The van der Waals surface area contributed by atoms with Gasteiger partial charge in [-0.05, 0) is 31.6 Å². The lowest BCUT2D eigenvalue weighted by Crippen LogP contribution is -2.42. The molecular weight excluding hydrogens is 256 g/mol. The van der Waals surface area contributed by atoms with Crippen LogP contribution in [-0.4, -0.2) is 22.2 Å². The summed E-state index contributed by atoms with van der Waals surface area (Å²) in [7, 11) is 0. The molecule has 0 radical (unpaired) electrons. The maximum absolute atomic E-state index is 11.2. The molecule has 0 bridgehead atoms. The molecule has 1 aliphatic rings. The first kappa shape index (κ1) is 17.0. The number of unbranched alkanes of at least 4 members (excludes halogenated alkanes) is 5. The van der Waals surface area contributed by atoms with Crippen LogP contribution in [0.15, 0.2) is 0 Å². The monoisotopic (exact) mass is 284 g/mol. The van der Waals surface area contributed by atoms with Gasteiger partial charge >= 0.3 is 11.9 Å². The summed E-state index contributed by atoms with van der Waals surface area (Å²) in [4.78, 5) is 22.4. The number of rotatable bonds is 9. The molecule has 0 heterocycles. The van der Waals surface area contributed by atoms with Gasteiger partial charge in [0, 0.05) is 0 Å². The molecule has 0 aromatic heterocycles. The van der Waals surface area contributed by atoms with Crippen LogP contribution >= 0.6 is 0 Å². The van der Waals surface area contributed by atoms with E-state index >= 15 is 0 Å². The molecule has 0 atom stereocenters. The maximum Gasteiger partial charge on any atom is 0.321 e. The van der Waals surface area contributed by atoms with Crippen LogP contribution in [0, 0.1) is 11.3 Å². The van der Waals surface area contributed by atoms with Crippen molar-refractivity contribution in [2.45, 2.75) is 77.6 Å². The summed E-state index contributed by atoms with van der Waals surface area (Å²) in [5, 5.41) is 18.3. The smallest absolute Gasteiger partial charge is 0.321 e. The standard InChI is InChI=1S/C16H28O4/c1-2-3-4-5-6-7-8-13-9-11-16(12-10-13,14(17)18)15(19)20/h13H,2-12H2,1H3,(H,17,18)(H,19,20). The molecule has 1 saturated carbocycles. The highest BCUT2D eigenvalue weighted by Gasteiger charge is 2.48. The lowest BCUT2D eigenvalue weighted by atomic mass is 9.69. The van der Waals surface area contributed by atoms with E-state index in [0.29, 0.717) is 5.92 Å². The SMILES string of the molecule is CCCCCCCCC1CCC(C(=O)O)(C(=O)O)CC1. The zero-order valence-corrected chi connectivity index (χ0v) is 12.6. The van der Waals surface area contributed by atoms with E-state index < -0.39 is 17.4 Å². The third-order valence-corrected chi connectivity index (χ3v) is 4.74. The first-order valence-corrected chi connectivity index (χ1v) is 7.99. The van der Waals surface area contributed by atoms with Crippen LogP contribution in [0.5, 0.6) is 0 Å². The zero-order valence-electron chi connectivity index (χ0n) is 12.6. The van der Waals surface area contributed by atoms with Crippen LogP contribution in [0.2, 0.25) is 0 Å². The van der Waals surface area contributed by atoms with Crippen LogP contribution in [0.25, 0.3) is 0 Å². The molecule has 0 amide bonds. The van der Waals surface area contributed by atoms with Crippen molar-refractivity contribution in [1.82, 2.24) is 0 Å². The van der Waals surface area contributed by atoms with Gasteiger partial charge in [0.05, 0.1) is 0 Å². The molecule has 0 spiro atoms. The molecule has 1 fully saturated rings. The van der Waals surface area contributed by atoms with Gasteiger partial charge in [0.15, 0.2) is 5.41 Å². The van der Waals surface area contributed by atoms with Crippen LogP contribution in [0.3, 0.4) is 0 Å². The molecule has 1 rings (SSSR count). The molecule has 2 N–H and O–H groups in total. The third-order valence-electron chi connectivity index (χ3n) is 4.74. The van der Waals surface area contributed by atoms with Crippen molar-refractivity contribution in [3.8, 4) is 0 Å². The Labute approximate surface area is 121 Å². The quantitative estimate of drug-likeness (QED) is 0.494. The molecule has 0 aromatic rings. The molecule has 0 saturated heterocycles. The molecular formula is C16H28O4. The van der Waals surface area contributed by atoms with Crippen molar-refractivity contribution in [2.24, 2.45) is 11.3 Å². The number of carboxylic acid groups (broad SMARTS) is 2. The number of hydrogen-bond acceptors (Lipinski definition) is 2. The Morgan fingerprint density at radius 1 is 0.950 bits per heavy atom. The Hall–Kier alpha value is -1.06. The van der Waals surface area contributed by atoms with Crippen molar-refractivity contribution in [3.63, 3.8) is 0 Å². The normalized spacial score (nSPS) is 18.9. The zero-order chi connectivity index (χ0) is 15.0. The molecule has 4 heteroatoms. The summed E-state index contributed by atoms with van der Waals surface area (Å²) in [5.74, 6) is -1.81. The minimum Gasteiger partial charge on any atom is -0.480 e. The molecule has 0 aliphatic heterocycles. The van der Waals surface area contributed by atoms with Gasteiger partial charge < -0.3 is 10.2 Å². The van der Waals surface area contributed by atoms with Crippen molar-refractivity contribution < 1.29 is 19.8 Å². The fourth-order valence-corrected chi connectivity index (χ4v) is 3.19. The number of aliphatic carboxylic acids is 2. The first-order valence-electron chi connectivity index (χ1n) is 7.99. The average Bonchev–Trinajstić information content (AvgIpc) is 2.43. The highest BCUT2D eigenvalue weighted by Crippen LogP contribution is 2.41. The van der Waals surface area contributed by atoms with Crippen LogP contribution in [0.1, 0.15) is 77.6 Å². The van der Waals surface area contributed by atoms with Crippen LogP contribution in [0.4, 0.5) is 0 Å². The molecule has 116 valence electrons. The van der Waals surface area contributed by atoms with E-state index in [2.05, 4.69) is 6.92 Å². The summed E-state index contributed by atoms with van der Waals surface area (Å²) < 4.78 is 0. The van der Waals surface area contributed by atoms with Crippen LogP contribution < -0.4 is 0 Å². The average molecular weight is 284 g/mol. The Morgan fingerprint density at radius 3 is 1.95 bits per heavy atom. The van der Waals surface area contributed by atoms with E-state index in [0.717, 1.165) is 19.3 Å². The van der Waals surface area contributed by atoms with Gasteiger partial charge in [-0.3, -0.25) is 9.59 Å². The molecule has 4 nitrogen and oxygen atoms in total. The summed E-state index contributed by atoms with van der Waals surface area (Å²) in [6, 6.07) is 0. The lowest BCUT2D eigenvalue weighted by Gasteiger charge is -2.33. The Balaban J connectivity index is 2.25. The van der Waals surface area contributed by atoms with Gasteiger partial charge in [0.25, 0.3) is 0 Å². The van der Waals surface area contributed by atoms with Crippen molar-refractivity contribution in [3.05, 3.63) is 0 Å². The van der Waals surface area contributed by atoms with Crippen LogP contribution in [-0.2, 0) is 9.59 Å². The summed E-state index contributed by atoms with van der Waals surface area (Å²) in [5.41, 5.74) is -1.52.